The first kappa shape index (κ1) is 23.5. The smallest absolute Gasteiger partial charge is 0.240 e. The SMILES string of the molecule is CCN(CC)c1ccc(C(=O)CCC(=O)N/N=C(\C)c2csc3ccccc23)cc1OC. The maximum atomic E-state index is 12.6. The Kier molecular flexibility index (Phi) is 8.00. The maximum absolute atomic E-state index is 12.6. The van der Waals surface area contributed by atoms with Crippen LogP contribution in [0.1, 0.15) is 49.5 Å². The van der Waals surface area contributed by atoms with Crippen molar-refractivity contribution in [2.45, 2.75) is 33.6 Å². The van der Waals surface area contributed by atoms with Crippen LogP contribution in [0.4, 0.5) is 5.69 Å². The highest BCUT2D eigenvalue weighted by Crippen LogP contribution is 2.30. The minimum atomic E-state index is -0.288. The van der Waals surface area contributed by atoms with Crippen LogP contribution in [0.5, 0.6) is 5.75 Å². The van der Waals surface area contributed by atoms with Gasteiger partial charge in [-0.25, -0.2) is 5.43 Å². The molecule has 2 aromatic carbocycles. The summed E-state index contributed by atoms with van der Waals surface area (Å²) in [5.74, 6) is 0.269. The predicted octanol–water partition coefficient (Wildman–Crippen LogP) is 5.26. The van der Waals surface area contributed by atoms with E-state index >= 15 is 0 Å². The minimum absolute atomic E-state index is 0.0696. The number of amides is 1. The monoisotopic (exact) mass is 451 g/mol. The lowest BCUT2D eigenvalue weighted by molar-refractivity contribution is -0.121. The first-order valence-electron chi connectivity index (χ1n) is 10.7. The number of anilines is 1. The van der Waals surface area contributed by atoms with Crippen molar-refractivity contribution in [3.05, 3.63) is 59.0 Å². The molecule has 0 fully saturated rings. The summed E-state index contributed by atoms with van der Waals surface area (Å²) in [6.07, 6.45) is 0.176. The predicted molar refractivity (Wildman–Crippen MR) is 132 cm³/mol. The fraction of sp³-hybridized carbons (Fsp3) is 0.320. The average Bonchev–Trinajstić information content (AvgIpc) is 3.26. The molecule has 0 aliphatic carbocycles. The van der Waals surface area contributed by atoms with Gasteiger partial charge in [0.05, 0.1) is 18.5 Å². The maximum Gasteiger partial charge on any atom is 0.240 e. The van der Waals surface area contributed by atoms with Gasteiger partial charge in [-0.3, -0.25) is 9.59 Å². The van der Waals surface area contributed by atoms with Crippen LogP contribution in [0.15, 0.2) is 52.9 Å². The lowest BCUT2D eigenvalue weighted by atomic mass is 10.0. The molecule has 0 unspecified atom stereocenters. The third-order valence-corrected chi connectivity index (χ3v) is 6.37. The number of carbonyl (C=O) groups excluding carboxylic acids is 2. The summed E-state index contributed by atoms with van der Waals surface area (Å²) in [4.78, 5) is 27.1. The zero-order valence-corrected chi connectivity index (χ0v) is 19.8. The van der Waals surface area contributed by atoms with Crippen LogP contribution >= 0.6 is 11.3 Å². The van der Waals surface area contributed by atoms with Crippen molar-refractivity contribution >= 4 is 44.5 Å². The van der Waals surface area contributed by atoms with E-state index in [4.69, 9.17) is 4.74 Å². The second-order valence-electron chi connectivity index (χ2n) is 7.36. The van der Waals surface area contributed by atoms with Crippen LogP contribution in [-0.2, 0) is 4.79 Å². The van der Waals surface area contributed by atoms with Gasteiger partial charge in [0.25, 0.3) is 0 Å². The van der Waals surface area contributed by atoms with Crippen LogP contribution in [0.2, 0.25) is 0 Å². The first-order chi connectivity index (χ1) is 15.5. The highest BCUT2D eigenvalue weighted by molar-refractivity contribution is 7.17. The number of nitrogens with one attached hydrogen (secondary N) is 1. The van der Waals surface area contributed by atoms with Crippen LogP contribution < -0.4 is 15.1 Å². The van der Waals surface area contributed by atoms with Crippen LogP contribution in [-0.4, -0.2) is 37.6 Å². The normalized spacial score (nSPS) is 11.4. The van der Waals surface area contributed by atoms with E-state index in [-0.39, 0.29) is 24.5 Å². The molecule has 7 heteroatoms. The van der Waals surface area contributed by atoms with Crippen molar-refractivity contribution in [1.29, 1.82) is 0 Å². The Morgan fingerprint density at radius 2 is 1.84 bits per heavy atom. The van der Waals surface area contributed by atoms with Gasteiger partial charge in [-0.15, -0.1) is 11.3 Å². The molecule has 3 rings (SSSR count). The highest BCUT2D eigenvalue weighted by Gasteiger charge is 2.15. The number of thiophene rings is 1. The molecule has 0 radical (unpaired) electrons. The number of hydrazone groups is 1. The van der Waals surface area contributed by atoms with E-state index in [1.807, 2.05) is 36.6 Å². The van der Waals surface area contributed by atoms with Crippen molar-refractivity contribution < 1.29 is 14.3 Å². The van der Waals surface area contributed by atoms with E-state index in [9.17, 15) is 9.59 Å². The molecule has 0 aliphatic rings. The Labute approximate surface area is 192 Å². The largest absolute Gasteiger partial charge is 0.495 e. The van der Waals surface area contributed by atoms with E-state index < -0.39 is 0 Å². The number of Topliss-reactive ketones (excluding diaryl/α,β-unsaturated/α-hetero) is 1. The Hall–Kier alpha value is -3.19. The van der Waals surface area contributed by atoms with Gasteiger partial charge in [0, 0.05) is 52.5 Å². The Morgan fingerprint density at radius 1 is 1.09 bits per heavy atom. The summed E-state index contributed by atoms with van der Waals surface area (Å²) in [6.45, 7) is 7.71. The number of ketones is 1. The second-order valence-corrected chi connectivity index (χ2v) is 8.27. The number of methoxy groups -OCH3 is 1. The third-order valence-electron chi connectivity index (χ3n) is 5.40. The standard InChI is InChI=1S/C25H29N3O3S/c1-5-28(6-2)21-12-11-18(15-23(21)31-4)22(29)13-14-25(30)27-26-17(3)20-16-32-24-10-8-7-9-19(20)24/h7-12,15-16H,5-6,13-14H2,1-4H3,(H,27,30)/b26-17+. The molecule has 1 N–H and O–H groups in total. The molecule has 0 atom stereocenters. The number of rotatable bonds is 10. The molecule has 0 saturated carbocycles. The van der Waals surface area contributed by atoms with Crippen molar-refractivity contribution in [3.8, 4) is 5.75 Å². The highest BCUT2D eigenvalue weighted by atomic mass is 32.1. The number of hydrogen-bond acceptors (Lipinski definition) is 6. The van der Waals surface area contributed by atoms with E-state index in [1.54, 1.807) is 30.6 Å². The van der Waals surface area contributed by atoms with Gasteiger partial charge in [0.2, 0.25) is 5.91 Å². The summed E-state index contributed by atoms with van der Waals surface area (Å²) >= 11 is 1.65. The number of benzene rings is 2. The fourth-order valence-corrected chi connectivity index (χ4v) is 4.57. The molecule has 0 bridgehead atoms. The molecule has 1 amide bonds. The quantitative estimate of drug-likeness (QED) is 0.259. The Balaban J connectivity index is 1.60. The molecule has 168 valence electrons. The van der Waals surface area contributed by atoms with Gasteiger partial charge in [-0.05, 0) is 45.0 Å². The Morgan fingerprint density at radius 3 is 2.56 bits per heavy atom. The van der Waals surface area contributed by atoms with E-state index in [2.05, 4.69) is 35.3 Å². The van der Waals surface area contributed by atoms with Gasteiger partial charge in [0.1, 0.15) is 5.75 Å². The van der Waals surface area contributed by atoms with Gasteiger partial charge >= 0.3 is 0 Å². The van der Waals surface area contributed by atoms with E-state index in [1.165, 1.54) is 4.70 Å². The molecule has 32 heavy (non-hydrogen) atoms. The lowest BCUT2D eigenvalue weighted by Gasteiger charge is -2.23. The van der Waals surface area contributed by atoms with Gasteiger partial charge < -0.3 is 9.64 Å². The number of hydrogen-bond donors (Lipinski definition) is 1. The number of ether oxygens (including phenoxy) is 1. The Bertz CT molecular complexity index is 1130. The summed E-state index contributed by atoms with van der Waals surface area (Å²) < 4.78 is 6.66. The van der Waals surface area contributed by atoms with E-state index in [0.29, 0.717) is 11.3 Å². The molecule has 0 spiro atoms. The summed E-state index contributed by atoms with van der Waals surface area (Å²) in [5, 5.41) is 7.38. The summed E-state index contributed by atoms with van der Waals surface area (Å²) in [7, 11) is 1.60. The molecule has 3 aromatic rings. The van der Waals surface area contributed by atoms with Gasteiger partial charge in [-0.2, -0.15) is 5.10 Å². The molecular weight excluding hydrogens is 422 g/mol. The molecule has 6 nitrogen and oxygen atoms in total. The van der Waals surface area contributed by atoms with Gasteiger partial charge in [0.15, 0.2) is 5.78 Å². The molecule has 0 saturated heterocycles. The van der Waals surface area contributed by atoms with Crippen LogP contribution in [0.25, 0.3) is 10.1 Å². The minimum Gasteiger partial charge on any atom is -0.495 e. The first-order valence-corrected chi connectivity index (χ1v) is 11.6. The number of nitrogens with zero attached hydrogens (tertiary/aromatic N) is 2. The fourth-order valence-electron chi connectivity index (χ4n) is 3.57. The molecule has 1 heterocycles. The van der Waals surface area contributed by atoms with Crippen molar-refractivity contribution in [2.24, 2.45) is 5.10 Å². The van der Waals surface area contributed by atoms with Crippen molar-refractivity contribution in [1.82, 2.24) is 5.43 Å². The van der Waals surface area contributed by atoms with Gasteiger partial charge in [-0.1, -0.05) is 18.2 Å². The molecule has 0 aliphatic heterocycles. The van der Waals surface area contributed by atoms with Crippen molar-refractivity contribution in [2.75, 3.05) is 25.1 Å². The zero-order chi connectivity index (χ0) is 23.1. The second kappa shape index (κ2) is 10.9. The average molecular weight is 452 g/mol. The number of fused-ring (bicyclic) bond motifs is 1. The summed E-state index contributed by atoms with van der Waals surface area (Å²) in [6, 6.07) is 13.5. The van der Waals surface area contributed by atoms with Crippen LogP contribution in [0, 0.1) is 0 Å². The third kappa shape index (κ3) is 5.34. The van der Waals surface area contributed by atoms with Crippen molar-refractivity contribution in [3.63, 3.8) is 0 Å². The molecular formula is C25H29N3O3S. The lowest BCUT2D eigenvalue weighted by Crippen LogP contribution is -2.22. The molecule has 1 aromatic heterocycles. The topological polar surface area (TPSA) is 71.0 Å². The zero-order valence-electron chi connectivity index (χ0n) is 19.0. The van der Waals surface area contributed by atoms with Crippen LogP contribution in [0.3, 0.4) is 0 Å². The summed E-state index contributed by atoms with van der Waals surface area (Å²) in [5.41, 5.74) is 5.80. The number of carbonyl (C=O) groups is 2. The van der Waals surface area contributed by atoms with E-state index in [0.717, 1.165) is 35.4 Å².